The molecule has 4 rings (SSSR count). The normalized spacial score (nSPS) is 21.9. The van der Waals surface area contributed by atoms with Gasteiger partial charge in [0.05, 0.1) is 25.6 Å². The van der Waals surface area contributed by atoms with Crippen molar-refractivity contribution >= 4 is 11.7 Å². The monoisotopic (exact) mass is 372 g/mol. The first kappa shape index (κ1) is 18.4. The van der Waals surface area contributed by atoms with Crippen LogP contribution in [0.25, 0.3) is 0 Å². The van der Waals surface area contributed by atoms with Gasteiger partial charge >= 0.3 is 0 Å². The van der Waals surface area contributed by atoms with E-state index in [0.717, 1.165) is 13.0 Å². The minimum atomic E-state index is -0.468. The average Bonchev–Trinajstić information content (AvgIpc) is 3.17. The predicted molar refractivity (Wildman–Crippen MR) is 101 cm³/mol. The Morgan fingerprint density at radius 3 is 2.63 bits per heavy atom. The molecule has 0 unspecified atom stereocenters. The van der Waals surface area contributed by atoms with Gasteiger partial charge in [-0.15, -0.1) is 0 Å². The van der Waals surface area contributed by atoms with Crippen LogP contribution in [0.5, 0.6) is 0 Å². The highest BCUT2D eigenvalue weighted by Crippen LogP contribution is 2.31. The van der Waals surface area contributed by atoms with Gasteiger partial charge in [-0.2, -0.15) is 0 Å². The number of aromatic nitrogens is 2. The molecule has 2 fully saturated rings. The van der Waals surface area contributed by atoms with Crippen LogP contribution in [0.15, 0.2) is 24.0 Å². The van der Waals surface area contributed by atoms with Crippen molar-refractivity contribution in [3.8, 4) is 0 Å². The van der Waals surface area contributed by atoms with E-state index in [1.165, 1.54) is 31.3 Å². The number of hydrogen-bond acceptors (Lipinski definition) is 6. The number of carbonyl (C=O) groups excluding carboxylic acids is 1. The smallest absolute Gasteiger partial charge is 0.274 e. The summed E-state index contributed by atoms with van der Waals surface area (Å²) in [6.07, 6.45) is 13.1. The Morgan fingerprint density at radius 1 is 1.15 bits per heavy atom. The summed E-state index contributed by atoms with van der Waals surface area (Å²) in [6.45, 7) is 3.38. The van der Waals surface area contributed by atoms with Gasteiger partial charge in [0.1, 0.15) is 11.5 Å². The fourth-order valence-corrected chi connectivity index (χ4v) is 4.01. The molecule has 0 radical (unpaired) electrons. The maximum absolute atomic E-state index is 12.6. The molecule has 0 bridgehead atoms. The lowest BCUT2D eigenvalue weighted by atomic mass is 9.97. The molecule has 27 heavy (non-hydrogen) atoms. The molecule has 0 aromatic carbocycles. The lowest BCUT2D eigenvalue weighted by Gasteiger charge is -2.37. The second kappa shape index (κ2) is 8.35. The number of hydrogen-bond donors (Lipinski definition) is 1. The summed E-state index contributed by atoms with van der Waals surface area (Å²) in [4.78, 5) is 23.1. The third kappa shape index (κ3) is 4.47. The summed E-state index contributed by atoms with van der Waals surface area (Å²) in [5, 5.41) is 3.30. The van der Waals surface area contributed by atoms with Gasteiger partial charge in [0, 0.05) is 32.5 Å². The third-order valence-corrected chi connectivity index (χ3v) is 5.63. The molecule has 1 aromatic rings. The summed E-state index contributed by atoms with van der Waals surface area (Å²) < 4.78 is 11.4. The topological polar surface area (TPSA) is 76.6 Å². The molecule has 1 aromatic heterocycles. The van der Waals surface area contributed by atoms with E-state index in [1.54, 1.807) is 12.4 Å². The maximum Gasteiger partial charge on any atom is 0.274 e. The van der Waals surface area contributed by atoms with E-state index in [9.17, 15) is 4.79 Å². The van der Waals surface area contributed by atoms with E-state index in [4.69, 9.17) is 9.47 Å². The Hall–Kier alpha value is -1.99. The first-order valence-electron chi connectivity index (χ1n) is 10.1. The van der Waals surface area contributed by atoms with Crippen molar-refractivity contribution in [2.75, 3.05) is 38.2 Å². The molecule has 0 saturated carbocycles. The predicted octanol–water partition coefficient (Wildman–Crippen LogP) is 2.76. The van der Waals surface area contributed by atoms with Crippen LogP contribution < -0.4 is 5.32 Å². The molecular formula is C20H28N4O3. The molecule has 1 amide bonds. The largest absolute Gasteiger partial charge is 0.368 e. The zero-order valence-corrected chi connectivity index (χ0v) is 15.8. The van der Waals surface area contributed by atoms with Crippen LogP contribution in [0.3, 0.4) is 0 Å². The van der Waals surface area contributed by atoms with E-state index in [1.807, 2.05) is 4.90 Å². The van der Waals surface area contributed by atoms with Crippen LogP contribution in [0.4, 0.5) is 5.82 Å². The highest BCUT2D eigenvalue weighted by atomic mass is 16.7. The molecule has 0 atom stereocenters. The van der Waals surface area contributed by atoms with Gasteiger partial charge in [-0.3, -0.25) is 4.79 Å². The summed E-state index contributed by atoms with van der Waals surface area (Å²) in [5.74, 6) is 0.173. The second-order valence-electron chi connectivity index (χ2n) is 7.47. The number of nitrogens with one attached hydrogen (secondary N) is 1. The Kier molecular flexibility index (Phi) is 5.69. The standard InChI is InChI=1S/C20H28N4O3/c25-19(24-10-7-20(8-11-24)26-12-13-27-20)17-14-23-18(15-22-17)21-9-6-16-4-2-1-3-5-16/h4,14-15H,1-3,5-13H2,(H,21,23). The number of likely N-dealkylation sites (tertiary alicyclic amines) is 1. The van der Waals surface area contributed by atoms with Crippen LogP contribution in [0.1, 0.15) is 55.4 Å². The quantitative estimate of drug-likeness (QED) is 0.801. The molecule has 146 valence electrons. The molecule has 7 nitrogen and oxygen atoms in total. The van der Waals surface area contributed by atoms with Gasteiger partial charge < -0.3 is 19.7 Å². The van der Waals surface area contributed by atoms with E-state index in [2.05, 4.69) is 21.4 Å². The zero-order valence-electron chi connectivity index (χ0n) is 15.8. The zero-order chi connectivity index (χ0) is 18.5. The molecule has 3 heterocycles. The molecular weight excluding hydrogens is 344 g/mol. The molecule has 2 aliphatic heterocycles. The first-order chi connectivity index (χ1) is 13.2. The van der Waals surface area contributed by atoms with E-state index < -0.39 is 5.79 Å². The highest BCUT2D eigenvalue weighted by Gasteiger charge is 2.41. The second-order valence-corrected chi connectivity index (χ2v) is 7.47. The van der Waals surface area contributed by atoms with Crippen LogP contribution >= 0.6 is 0 Å². The fourth-order valence-electron chi connectivity index (χ4n) is 4.01. The van der Waals surface area contributed by atoms with Crippen molar-refractivity contribution in [1.29, 1.82) is 0 Å². The Balaban J connectivity index is 1.25. The molecule has 1 aliphatic carbocycles. The average molecular weight is 372 g/mol. The van der Waals surface area contributed by atoms with Crippen molar-refractivity contribution in [2.45, 2.75) is 50.7 Å². The Labute approximate surface area is 160 Å². The van der Waals surface area contributed by atoms with Gasteiger partial charge in [0.15, 0.2) is 5.79 Å². The highest BCUT2D eigenvalue weighted by molar-refractivity contribution is 5.92. The number of ether oxygens (including phenoxy) is 2. The van der Waals surface area contributed by atoms with Gasteiger partial charge in [0.2, 0.25) is 0 Å². The summed E-state index contributed by atoms with van der Waals surface area (Å²) >= 11 is 0. The SMILES string of the molecule is O=C(c1cnc(NCCC2=CCCCC2)cn1)N1CCC2(CC1)OCCO2. The molecule has 7 heteroatoms. The molecule has 1 spiro atoms. The van der Waals surface area contributed by atoms with Gasteiger partial charge in [-0.25, -0.2) is 9.97 Å². The van der Waals surface area contributed by atoms with Crippen molar-refractivity contribution in [1.82, 2.24) is 14.9 Å². The van der Waals surface area contributed by atoms with Crippen LogP contribution in [0, 0.1) is 0 Å². The van der Waals surface area contributed by atoms with E-state index >= 15 is 0 Å². The summed E-state index contributed by atoms with van der Waals surface area (Å²) in [7, 11) is 0. The number of rotatable bonds is 5. The van der Waals surface area contributed by atoms with E-state index in [0.29, 0.717) is 50.7 Å². The van der Waals surface area contributed by atoms with Gasteiger partial charge in [0.25, 0.3) is 5.91 Å². The fraction of sp³-hybridized carbons (Fsp3) is 0.650. The summed E-state index contributed by atoms with van der Waals surface area (Å²) in [6, 6.07) is 0. The number of anilines is 1. The van der Waals surface area contributed by atoms with Crippen LogP contribution in [0.2, 0.25) is 0 Å². The lowest BCUT2D eigenvalue weighted by molar-refractivity contribution is -0.181. The van der Waals surface area contributed by atoms with Gasteiger partial charge in [-0.1, -0.05) is 11.6 Å². The summed E-state index contributed by atoms with van der Waals surface area (Å²) in [5.41, 5.74) is 1.92. The minimum Gasteiger partial charge on any atom is -0.368 e. The lowest BCUT2D eigenvalue weighted by Crippen LogP contribution is -2.47. The van der Waals surface area contributed by atoms with Crippen LogP contribution in [-0.4, -0.2) is 59.4 Å². The number of allylic oxidation sites excluding steroid dienone is 1. The molecule has 1 N–H and O–H groups in total. The first-order valence-corrected chi connectivity index (χ1v) is 10.1. The van der Waals surface area contributed by atoms with Crippen molar-refractivity contribution < 1.29 is 14.3 Å². The number of amides is 1. The van der Waals surface area contributed by atoms with Crippen LogP contribution in [-0.2, 0) is 9.47 Å². The van der Waals surface area contributed by atoms with E-state index in [-0.39, 0.29) is 5.91 Å². The third-order valence-electron chi connectivity index (χ3n) is 5.63. The molecule has 2 saturated heterocycles. The van der Waals surface area contributed by atoms with Crippen molar-refractivity contribution in [3.05, 3.63) is 29.7 Å². The number of piperidine rings is 1. The Bertz CT molecular complexity index is 673. The number of nitrogens with zero attached hydrogens (tertiary/aromatic N) is 3. The van der Waals surface area contributed by atoms with Crippen molar-refractivity contribution in [3.63, 3.8) is 0 Å². The molecule has 3 aliphatic rings. The Morgan fingerprint density at radius 2 is 1.96 bits per heavy atom. The minimum absolute atomic E-state index is 0.0748. The number of carbonyl (C=O) groups is 1. The maximum atomic E-state index is 12.6. The van der Waals surface area contributed by atoms with Crippen molar-refractivity contribution in [2.24, 2.45) is 0 Å². The van der Waals surface area contributed by atoms with Gasteiger partial charge in [-0.05, 0) is 32.1 Å².